The second-order valence-electron chi connectivity index (χ2n) is 11.5. The molecule has 226 valence electrons. The van der Waals surface area contributed by atoms with Gasteiger partial charge in [0.05, 0.1) is 40.3 Å². The van der Waals surface area contributed by atoms with Crippen LogP contribution in [0.4, 0.5) is 10.5 Å². The van der Waals surface area contributed by atoms with Crippen LogP contribution in [0.3, 0.4) is 0 Å². The van der Waals surface area contributed by atoms with Crippen molar-refractivity contribution in [1.82, 2.24) is 15.1 Å². The number of carbonyl (C=O) groups is 3. The predicted octanol–water partition coefficient (Wildman–Crippen LogP) is 3.99. The molecule has 0 aromatic heterocycles. The molecule has 1 N–H and O–H groups in total. The van der Waals surface area contributed by atoms with Crippen molar-refractivity contribution in [2.75, 3.05) is 51.9 Å². The van der Waals surface area contributed by atoms with Gasteiger partial charge in [-0.15, -0.1) is 0 Å². The minimum Gasteiger partial charge on any atom is -0.496 e. The zero-order valence-corrected chi connectivity index (χ0v) is 24.9. The molecule has 0 spiro atoms. The lowest BCUT2D eigenvalue weighted by Gasteiger charge is -2.40. The van der Waals surface area contributed by atoms with Crippen LogP contribution in [0.1, 0.15) is 50.2 Å². The van der Waals surface area contributed by atoms with E-state index in [-0.39, 0.29) is 36.9 Å². The van der Waals surface area contributed by atoms with E-state index in [1.165, 1.54) is 19.3 Å². The van der Waals surface area contributed by atoms with E-state index < -0.39 is 0 Å². The van der Waals surface area contributed by atoms with Crippen molar-refractivity contribution in [3.8, 4) is 17.2 Å². The third-order valence-electron chi connectivity index (χ3n) is 8.39. The van der Waals surface area contributed by atoms with Crippen LogP contribution in [0.15, 0.2) is 36.4 Å². The molecule has 5 rings (SSSR count). The van der Waals surface area contributed by atoms with Crippen molar-refractivity contribution in [1.29, 1.82) is 0 Å². The SMILES string of the molecule is COc1cc(CC(=O)N2CCNC(=O)C2)ccc1CN1C(=O)N(c2ccc(OC)c(OCCCC3CC3)c2)CC[C@@H]1C. The highest BCUT2D eigenvalue weighted by Crippen LogP contribution is 2.36. The molecule has 2 aliphatic heterocycles. The van der Waals surface area contributed by atoms with Crippen LogP contribution < -0.4 is 24.4 Å². The van der Waals surface area contributed by atoms with Gasteiger partial charge in [-0.1, -0.05) is 25.0 Å². The van der Waals surface area contributed by atoms with Crippen LogP contribution >= 0.6 is 0 Å². The summed E-state index contributed by atoms with van der Waals surface area (Å²) < 4.78 is 17.3. The number of rotatable bonds is 12. The Hall–Kier alpha value is -3.95. The summed E-state index contributed by atoms with van der Waals surface area (Å²) in [5.41, 5.74) is 2.44. The maximum absolute atomic E-state index is 13.8. The Morgan fingerprint density at radius 2 is 1.79 bits per heavy atom. The first-order valence-corrected chi connectivity index (χ1v) is 15.0. The van der Waals surface area contributed by atoms with Crippen molar-refractivity contribution < 1.29 is 28.6 Å². The second-order valence-corrected chi connectivity index (χ2v) is 11.5. The first kappa shape index (κ1) is 29.5. The van der Waals surface area contributed by atoms with Crippen molar-refractivity contribution in [3.63, 3.8) is 0 Å². The number of urea groups is 1. The zero-order chi connectivity index (χ0) is 29.6. The summed E-state index contributed by atoms with van der Waals surface area (Å²) in [6, 6.07) is 11.3. The third kappa shape index (κ3) is 7.09. The number of anilines is 1. The fourth-order valence-electron chi connectivity index (χ4n) is 5.63. The second kappa shape index (κ2) is 13.4. The number of amides is 4. The number of nitrogens with one attached hydrogen (secondary N) is 1. The van der Waals surface area contributed by atoms with Gasteiger partial charge >= 0.3 is 6.03 Å². The summed E-state index contributed by atoms with van der Waals surface area (Å²) in [4.78, 5) is 43.5. The van der Waals surface area contributed by atoms with Gasteiger partial charge in [0.1, 0.15) is 5.75 Å². The molecule has 3 aliphatic rings. The molecule has 4 amide bonds. The molecule has 1 atom stereocenters. The van der Waals surface area contributed by atoms with E-state index in [0.717, 1.165) is 35.6 Å². The first-order chi connectivity index (χ1) is 20.4. The van der Waals surface area contributed by atoms with E-state index >= 15 is 0 Å². The van der Waals surface area contributed by atoms with Gasteiger partial charge in [0.2, 0.25) is 11.8 Å². The average molecular weight is 579 g/mol. The minimum atomic E-state index is -0.140. The smallest absolute Gasteiger partial charge is 0.325 e. The molecule has 0 radical (unpaired) electrons. The number of piperazine rings is 1. The predicted molar refractivity (Wildman–Crippen MR) is 159 cm³/mol. The summed E-state index contributed by atoms with van der Waals surface area (Å²) in [6.45, 7) is 4.73. The Morgan fingerprint density at radius 3 is 2.52 bits per heavy atom. The maximum Gasteiger partial charge on any atom is 0.325 e. The summed E-state index contributed by atoms with van der Waals surface area (Å²) >= 11 is 0. The van der Waals surface area contributed by atoms with Crippen molar-refractivity contribution in [2.24, 2.45) is 5.92 Å². The summed E-state index contributed by atoms with van der Waals surface area (Å²) in [6.07, 6.45) is 5.86. The topological polar surface area (TPSA) is 101 Å². The molecule has 10 heteroatoms. The number of benzene rings is 2. The van der Waals surface area contributed by atoms with Crippen LogP contribution in [-0.4, -0.2) is 80.7 Å². The molecule has 10 nitrogen and oxygen atoms in total. The Morgan fingerprint density at radius 1 is 0.976 bits per heavy atom. The molecule has 1 saturated carbocycles. The average Bonchev–Trinajstić information content (AvgIpc) is 3.82. The number of ether oxygens (including phenoxy) is 3. The standard InChI is InChI=1S/C32H42N4O6/c1-22-12-14-35(26-10-11-27(40-2)29(19-26)42-16-4-5-23-6-7-23)32(39)36(22)20-25-9-8-24(17-28(25)41-3)18-31(38)34-15-13-33-30(37)21-34/h8-11,17,19,22-23H,4-7,12-16,18,20-21H2,1-3H3,(H,33,37)/t22-/m0/s1. The largest absolute Gasteiger partial charge is 0.496 e. The van der Waals surface area contributed by atoms with E-state index in [0.29, 0.717) is 50.0 Å². The molecule has 2 aromatic rings. The Kier molecular flexibility index (Phi) is 9.39. The molecule has 3 fully saturated rings. The van der Waals surface area contributed by atoms with Crippen LogP contribution in [0.25, 0.3) is 0 Å². The molecule has 0 bridgehead atoms. The maximum atomic E-state index is 13.8. The van der Waals surface area contributed by atoms with Gasteiger partial charge in [-0.05, 0) is 55.9 Å². The number of hydrogen-bond acceptors (Lipinski definition) is 6. The molecule has 1 aliphatic carbocycles. The fourth-order valence-corrected chi connectivity index (χ4v) is 5.63. The molecule has 0 unspecified atom stereocenters. The summed E-state index contributed by atoms with van der Waals surface area (Å²) in [5.74, 6) is 2.56. The Labute approximate surface area is 247 Å². The van der Waals surface area contributed by atoms with Crippen molar-refractivity contribution >= 4 is 23.5 Å². The highest BCUT2D eigenvalue weighted by atomic mass is 16.5. The number of carbonyl (C=O) groups excluding carboxylic acids is 3. The van der Waals surface area contributed by atoms with Crippen molar-refractivity contribution in [2.45, 2.75) is 58.0 Å². The van der Waals surface area contributed by atoms with E-state index in [4.69, 9.17) is 14.2 Å². The molecule has 2 heterocycles. The van der Waals surface area contributed by atoms with Gasteiger partial charge in [-0.2, -0.15) is 0 Å². The summed E-state index contributed by atoms with van der Waals surface area (Å²) in [5, 5.41) is 2.74. The van der Waals surface area contributed by atoms with Crippen LogP contribution in [-0.2, 0) is 22.6 Å². The first-order valence-electron chi connectivity index (χ1n) is 15.0. The van der Waals surface area contributed by atoms with Crippen LogP contribution in [0.5, 0.6) is 17.2 Å². The number of hydrogen-bond donors (Lipinski definition) is 1. The van der Waals surface area contributed by atoms with Gasteiger partial charge in [-0.3, -0.25) is 14.5 Å². The third-order valence-corrected chi connectivity index (χ3v) is 8.39. The van der Waals surface area contributed by atoms with E-state index in [1.54, 1.807) is 24.0 Å². The molecular weight excluding hydrogens is 536 g/mol. The van der Waals surface area contributed by atoms with Gasteiger partial charge in [0, 0.05) is 43.0 Å². The van der Waals surface area contributed by atoms with Gasteiger partial charge < -0.3 is 29.3 Å². The number of nitrogens with zero attached hydrogens (tertiary/aromatic N) is 3. The lowest BCUT2D eigenvalue weighted by Crippen LogP contribution is -2.53. The van der Waals surface area contributed by atoms with Gasteiger partial charge in [-0.25, -0.2) is 4.79 Å². The molecular formula is C32H42N4O6. The summed E-state index contributed by atoms with van der Waals surface area (Å²) in [7, 11) is 3.22. The van der Waals surface area contributed by atoms with E-state index in [1.807, 2.05) is 41.3 Å². The lowest BCUT2D eigenvalue weighted by atomic mass is 10.0. The lowest BCUT2D eigenvalue weighted by molar-refractivity contribution is -0.137. The zero-order valence-electron chi connectivity index (χ0n) is 24.9. The molecule has 42 heavy (non-hydrogen) atoms. The monoisotopic (exact) mass is 578 g/mol. The Balaban J connectivity index is 1.26. The van der Waals surface area contributed by atoms with E-state index in [2.05, 4.69) is 12.2 Å². The van der Waals surface area contributed by atoms with Gasteiger partial charge in [0.15, 0.2) is 11.5 Å². The quantitative estimate of drug-likeness (QED) is 0.383. The highest BCUT2D eigenvalue weighted by Gasteiger charge is 2.33. The van der Waals surface area contributed by atoms with Gasteiger partial charge in [0.25, 0.3) is 0 Å². The Bertz CT molecular complexity index is 1300. The number of methoxy groups -OCH3 is 2. The molecule has 2 saturated heterocycles. The minimum absolute atomic E-state index is 0.0429. The van der Waals surface area contributed by atoms with Crippen molar-refractivity contribution in [3.05, 3.63) is 47.5 Å². The normalized spacial score (nSPS) is 19.0. The van der Waals surface area contributed by atoms with Crippen LogP contribution in [0.2, 0.25) is 0 Å². The molecule has 2 aromatic carbocycles. The van der Waals surface area contributed by atoms with E-state index in [9.17, 15) is 14.4 Å². The van der Waals surface area contributed by atoms with Crippen LogP contribution in [0, 0.1) is 5.92 Å². The fraction of sp³-hybridized carbons (Fsp3) is 0.531. The highest BCUT2D eigenvalue weighted by molar-refractivity contribution is 5.93.